The van der Waals surface area contributed by atoms with Crippen LogP contribution in [0.25, 0.3) is 6.08 Å². The lowest BCUT2D eigenvalue weighted by Crippen LogP contribution is -2.13. The summed E-state index contributed by atoms with van der Waals surface area (Å²) in [5.41, 5.74) is 2.10. The number of ether oxygens (including phenoxy) is 2. The summed E-state index contributed by atoms with van der Waals surface area (Å²) in [5, 5.41) is 22.4. The third-order valence-corrected chi connectivity index (χ3v) is 6.52. The molecule has 0 atom stereocenters. The second-order valence-corrected chi connectivity index (χ2v) is 8.58. The molecule has 8 heteroatoms. The predicted octanol–water partition coefficient (Wildman–Crippen LogP) is 5.21. The van der Waals surface area contributed by atoms with Crippen LogP contribution < -0.4 is 14.8 Å². The molecule has 0 aliphatic heterocycles. The molecular formula is C22H20BrN3O3S. The Morgan fingerprint density at radius 2 is 2.10 bits per heavy atom. The van der Waals surface area contributed by atoms with E-state index < -0.39 is 5.91 Å². The molecule has 6 nitrogen and oxygen atoms in total. The zero-order valence-electron chi connectivity index (χ0n) is 16.7. The standard InChI is InChI=1S/C22H20BrN3O3S/c1-3-29-20-17(23)9-13(10-18(20)28-2)8-14(11-24)21(27)26-22-16(12-25)15-6-4-5-7-19(15)30-22/h8-10H,3-7H2,1-2H3,(H,26,27). The quantitative estimate of drug-likeness (QED) is 0.447. The monoisotopic (exact) mass is 485 g/mol. The summed E-state index contributed by atoms with van der Waals surface area (Å²) in [6.07, 6.45) is 5.39. The Balaban J connectivity index is 1.90. The van der Waals surface area contributed by atoms with Crippen molar-refractivity contribution in [3.05, 3.63) is 43.7 Å². The summed E-state index contributed by atoms with van der Waals surface area (Å²) < 4.78 is 11.6. The Morgan fingerprint density at radius 1 is 1.33 bits per heavy atom. The molecule has 1 aromatic carbocycles. The number of hydrogen-bond donors (Lipinski definition) is 1. The van der Waals surface area contributed by atoms with Gasteiger partial charge in [0.2, 0.25) is 0 Å². The molecule has 1 aromatic heterocycles. The van der Waals surface area contributed by atoms with Gasteiger partial charge in [-0.15, -0.1) is 11.3 Å². The number of aryl methyl sites for hydroxylation is 1. The number of halogens is 1. The molecule has 2 aromatic rings. The lowest BCUT2D eigenvalue weighted by atomic mass is 9.96. The molecule has 1 amide bonds. The number of nitrogens with zero attached hydrogens (tertiary/aromatic N) is 2. The fourth-order valence-electron chi connectivity index (χ4n) is 3.37. The molecule has 0 saturated carbocycles. The van der Waals surface area contributed by atoms with E-state index in [1.54, 1.807) is 12.1 Å². The van der Waals surface area contributed by atoms with Crippen molar-refractivity contribution in [2.24, 2.45) is 0 Å². The number of thiophene rings is 1. The van der Waals surface area contributed by atoms with Gasteiger partial charge in [-0.2, -0.15) is 10.5 Å². The van der Waals surface area contributed by atoms with Gasteiger partial charge in [-0.1, -0.05) is 0 Å². The Labute approximate surface area is 187 Å². The van der Waals surface area contributed by atoms with Gasteiger partial charge < -0.3 is 14.8 Å². The number of amides is 1. The summed E-state index contributed by atoms with van der Waals surface area (Å²) in [6.45, 7) is 2.34. The molecule has 0 saturated heterocycles. The van der Waals surface area contributed by atoms with Gasteiger partial charge in [-0.3, -0.25) is 4.79 Å². The molecule has 0 fully saturated rings. The molecule has 0 radical (unpaired) electrons. The number of hydrogen-bond acceptors (Lipinski definition) is 6. The molecule has 1 aliphatic carbocycles. The van der Waals surface area contributed by atoms with Gasteiger partial charge in [-0.05, 0) is 77.9 Å². The number of nitrogens with one attached hydrogen (secondary N) is 1. The van der Waals surface area contributed by atoms with E-state index in [0.717, 1.165) is 36.1 Å². The molecule has 0 unspecified atom stereocenters. The average Bonchev–Trinajstić information content (AvgIpc) is 3.10. The smallest absolute Gasteiger partial charge is 0.266 e. The van der Waals surface area contributed by atoms with Crippen molar-refractivity contribution in [1.82, 2.24) is 0 Å². The van der Waals surface area contributed by atoms with Crippen molar-refractivity contribution >= 4 is 44.3 Å². The van der Waals surface area contributed by atoms with E-state index >= 15 is 0 Å². The zero-order valence-corrected chi connectivity index (χ0v) is 19.1. The highest BCUT2D eigenvalue weighted by molar-refractivity contribution is 9.10. The van der Waals surface area contributed by atoms with Crippen LogP contribution in [0.15, 0.2) is 22.2 Å². The fraction of sp³-hybridized carbons (Fsp3) is 0.318. The van der Waals surface area contributed by atoms with Crippen molar-refractivity contribution in [3.8, 4) is 23.6 Å². The third kappa shape index (κ3) is 4.51. The van der Waals surface area contributed by atoms with Crippen LogP contribution >= 0.6 is 27.3 Å². The van der Waals surface area contributed by atoms with Gasteiger partial charge in [0.1, 0.15) is 22.7 Å². The summed E-state index contributed by atoms with van der Waals surface area (Å²) in [6, 6.07) is 7.62. The summed E-state index contributed by atoms with van der Waals surface area (Å²) in [4.78, 5) is 13.9. The largest absolute Gasteiger partial charge is 0.493 e. The van der Waals surface area contributed by atoms with E-state index in [1.807, 2.05) is 13.0 Å². The van der Waals surface area contributed by atoms with E-state index in [2.05, 4.69) is 27.3 Å². The van der Waals surface area contributed by atoms with E-state index in [-0.39, 0.29) is 5.57 Å². The lowest BCUT2D eigenvalue weighted by molar-refractivity contribution is -0.112. The van der Waals surface area contributed by atoms with Gasteiger partial charge in [0, 0.05) is 4.88 Å². The molecule has 1 aliphatic rings. The van der Waals surface area contributed by atoms with E-state index in [4.69, 9.17) is 9.47 Å². The minimum Gasteiger partial charge on any atom is -0.493 e. The topological polar surface area (TPSA) is 95.1 Å². The maximum absolute atomic E-state index is 12.8. The number of carbonyl (C=O) groups is 1. The van der Waals surface area contributed by atoms with Crippen molar-refractivity contribution in [1.29, 1.82) is 10.5 Å². The highest BCUT2D eigenvalue weighted by Crippen LogP contribution is 2.39. The molecule has 30 heavy (non-hydrogen) atoms. The first kappa shape index (κ1) is 21.9. The number of benzene rings is 1. The number of rotatable bonds is 6. The van der Waals surface area contributed by atoms with Crippen LogP contribution in [0.2, 0.25) is 0 Å². The molecule has 1 heterocycles. The van der Waals surface area contributed by atoms with Gasteiger partial charge in [0.25, 0.3) is 5.91 Å². The van der Waals surface area contributed by atoms with Crippen LogP contribution in [0, 0.1) is 22.7 Å². The summed E-state index contributed by atoms with van der Waals surface area (Å²) >= 11 is 4.87. The number of methoxy groups -OCH3 is 1. The Bertz CT molecular complexity index is 1090. The minimum absolute atomic E-state index is 0.0663. The SMILES string of the molecule is CCOc1c(Br)cc(C=C(C#N)C(=O)Nc2sc3c(c2C#N)CCCC3)cc1OC. The summed E-state index contributed by atoms with van der Waals surface area (Å²) in [5.74, 6) is 0.507. The molecule has 1 N–H and O–H groups in total. The van der Waals surface area contributed by atoms with Crippen molar-refractivity contribution in [2.75, 3.05) is 19.0 Å². The number of carbonyl (C=O) groups excluding carboxylic acids is 1. The van der Waals surface area contributed by atoms with Crippen LogP contribution in [-0.2, 0) is 17.6 Å². The first-order chi connectivity index (χ1) is 14.5. The van der Waals surface area contributed by atoms with Gasteiger partial charge in [-0.25, -0.2) is 0 Å². The second-order valence-electron chi connectivity index (χ2n) is 6.62. The fourth-order valence-corrected chi connectivity index (χ4v) is 5.17. The maximum Gasteiger partial charge on any atom is 0.266 e. The Morgan fingerprint density at radius 3 is 2.77 bits per heavy atom. The number of anilines is 1. The molecule has 0 bridgehead atoms. The second kappa shape index (κ2) is 9.80. The summed E-state index contributed by atoms with van der Waals surface area (Å²) in [7, 11) is 1.53. The van der Waals surface area contributed by atoms with E-state index in [1.165, 1.54) is 24.5 Å². The van der Waals surface area contributed by atoms with Gasteiger partial charge in [0.05, 0.1) is 23.8 Å². The third-order valence-electron chi connectivity index (χ3n) is 4.73. The predicted molar refractivity (Wildman–Crippen MR) is 120 cm³/mol. The average molecular weight is 486 g/mol. The van der Waals surface area contributed by atoms with Crippen molar-refractivity contribution < 1.29 is 14.3 Å². The van der Waals surface area contributed by atoms with E-state index in [9.17, 15) is 15.3 Å². The maximum atomic E-state index is 12.8. The van der Waals surface area contributed by atoms with Crippen LogP contribution in [-0.4, -0.2) is 19.6 Å². The first-order valence-electron chi connectivity index (χ1n) is 9.50. The molecule has 0 spiro atoms. The molecule has 3 rings (SSSR count). The van der Waals surface area contributed by atoms with Crippen molar-refractivity contribution in [3.63, 3.8) is 0 Å². The normalized spacial score (nSPS) is 13.0. The van der Waals surface area contributed by atoms with Crippen LogP contribution in [0.4, 0.5) is 5.00 Å². The van der Waals surface area contributed by atoms with Crippen LogP contribution in [0.3, 0.4) is 0 Å². The minimum atomic E-state index is -0.545. The van der Waals surface area contributed by atoms with Gasteiger partial charge in [0.15, 0.2) is 11.5 Å². The molecular weight excluding hydrogens is 466 g/mol. The van der Waals surface area contributed by atoms with E-state index in [0.29, 0.717) is 38.7 Å². The van der Waals surface area contributed by atoms with Crippen molar-refractivity contribution in [2.45, 2.75) is 32.6 Å². The number of fused-ring (bicyclic) bond motifs is 1. The zero-order chi connectivity index (χ0) is 21.7. The highest BCUT2D eigenvalue weighted by atomic mass is 79.9. The van der Waals surface area contributed by atoms with Gasteiger partial charge >= 0.3 is 0 Å². The first-order valence-corrected chi connectivity index (χ1v) is 11.1. The Kier molecular flexibility index (Phi) is 7.15. The van der Waals surface area contributed by atoms with Crippen LogP contribution in [0.5, 0.6) is 11.5 Å². The number of nitriles is 2. The lowest BCUT2D eigenvalue weighted by Gasteiger charge is -2.12. The highest BCUT2D eigenvalue weighted by Gasteiger charge is 2.23. The Hall–Kier alpha value is -2.81. The molecule has 154 valence electrons. The van der Waals surface area contributed by atoms with Crippen LogP contribution in [0.1, 0.15) is 41.3 Å².